The Hall–Kier alpha value is -2.00. The Morgan fingerprint density at radius 2 is 1.53 bits per heavy atom. The van der Waals surface area contributed by atoms with Crippen molar-refractivity contribution >= 4 is 11.4 Å². The molecule has 0 saturated carbocycles. The molecule has 1 N–H and O–H groups in total. The van der Waals surface area contributed by atoms with Gasteiger partial charge in [-0.1, -0.05) is 24.3 Å². The van der Waals surface area contributed by atoms with Crippen LogP contribution in [0.5, 0.6) is 11.5 Å². The Kier molecular flexibility index (Phi) is 3.38. The fourth-order valence-corrected chi connectivity index (χ4v) is 2.44. The Morgan fingerprint density at radius 1 is 0.947 bits per heavy atom. The molecule has 0 saturated heterocycles. The monoisotopic (exact) mass is 254 g/mol. The fourth-order valence-electron chi connectivity index (χ4n) is 2.44. The number of rotatable bonds is 4. The molecule has 0 amide bonds. The van der Waals surface area contributed by atoms with Crippen molar-refractivity contribution in [3.05, 3.63) is 48.5 Å². The van der Waals surface area contributed by atoms with Crippen LogP contribution in [0.3, 0.4) is 0 Å². The second-order valence-corrected chi connectivity index (χ2v) is 4.65. The summed E-state index contributed by atoms with van der Waals surface area (Å²) in [6, 6.07) is 16.4. The van der Waals surface area contributed by atoms with Crippen LogP contribution in [0.2, 0.25) is 0 Å². The molecule has 0 spiro atoms. The molecule has 2 aromatic rings. The van der Waals surface area contributed by atoms with E-state index < -0.39 is 0 Å². The number of nitrogens with one attached hydrogen (secondary N) is 1. The number of nitrogens with zero attached hydrogens (tertiary/aromatic N) is 1. The minimum Gasteiger partial charge on any atom is -0.453 e. The van der Waals surface area contributed by atoms with Gasteiger partial charge in [0.2, 0.25) is 0 Å². The SMILES string of the molecule is CNCCCN1c2ccccc2Oc2ccccc21. The lowest BCUT2D eigenvalue weighted by atomic mass is 10.1. The van der Waals surface area contributed by atoms with Crippen molar-refractivity contribution in [2.75, 3.05) is 25.0 Å². The molecule has 19 heavy (non-hydrogen) atoms. The number of fused-ring (bicyclic) bond motifs is 2. The number of benzene rings is 2. The molecular weight excluding hydrogens is 236 g/mol. The summed E-state index contributed by atoms with van der Waals surface area (Å²) in [5.74, 6) is 1.87. The molecular formula is C16H18N2O. The lowest BCUT2D eigenvalue weighted by molar-refractivity contribution is 0.472. The summed E-state index contributed by atoms with van der Waals surface area (Å²) in [7, 11) is 1.99. The summed E-state index contributed by atoms with van der Waals surface area (Å²) in [4.78, 5) is 2.34. The van der Waals surface area contributed by atoms with Crippen LogP contribution >= 0.6 is 0 Å². The van der Waals surface area contributed by atoms with Gasteiger partial charge in [0, 0.05) is 6.54 Å². The zero-order valence-corrected chi connectivity index (χ0v) is 11.1. The second kappa shape index (κ2) is 5.33. The van der Waals surface area contributed by atoms with Gasteiger partial charge in [-0.25, -0.2) is 0 Å². The van der Waals surface area contributed by atoms with Gasteiger partial charge in [-0.2, -0.15) is 0 Å². The Morgan fingerprint density at radius 3 is 2.11 bits per heavy atom. The first-order valence-corrected chi connectivity index (χ1v) is 6.68. The van der Waals surface area contributed by atoms with Crippen molar-refractivity contribution in [1.29, 1.82) is 0 Å². The Labute approximate surface area is 113 Å². The lowest BCUT2D eigenvalue weighted by Crippen LogP contribution is -2.24. The average Bonchev–Trinajstić information content (AvgIpc) is 2.46. The third-order valence-corrected chi connectivity index (χ3v) is 3.34. The lowest BCUT2D eigenvalue weighted by Gasteiger charge is -2.32. The van der Waals surface area contributed by atoms with Gasteiger partial charge < -0.3 is 15.0 Å². The topological polar surface area (TPSA) is 24.5 Å². The number of para-hydroxylation sites is 4. The van der Waals surface area contributed by atoms with Gasteiger partial charge in [0.1, 0.15) is 0 Å². The van der Waals surface area contributed by atoms with Gasteiger partial charge in [0.15, 0.2) is 11.5 Å². The zero-order valence-electron chi connectivity index (χ0n) is 11.1. The smallest absolute Gasteiger partial charge is 0.151 e. The second-order valence-electron chi connectivity index (χ2n) is 4.65. The maximum absolute atomic E-state index is 5.96. The molecule has 0 bridgehead atoms. The van der Waals surface area contributed by atoms with Crippen LogP contribution in [0.1, 0.15) is 6.42 Å². The van der Waals surface area contributed by atoms with E-state index in [4.69, 9.17) is 4.74 Å². The van der Waals surface area contributed by atoms with E-state index in [1.54, 1.807) is 0 Å². The van der Waals surface area contributed by atoms with Crippen LogP contribution in [-0.4, -0.2) is 20.1 Å². The molecule has 3 nitrogen and oxygen atoms in total. The summed E-state index contributed by atoms with van der Waals surface area (Å²) >= 11 is 0. The number of hydrogen-bond donors (Lipinski definition) is 1. The van der Waals surface area contributed by atoms with E-state index >= 15 is 0 Å². The molecule has 0 radical (unpaired) electrons. The van der Waals surface area contributed by atoms with Crippen LogP contribution in [0.25, 0.3) is 0 Å². The molecule has 3 rings (SSSR count). The molecule has 0 fully saturated rings. The predicted octanol–water partition coefficient (Wildman–Crippen LogP) is 3.54. The van der Waals surface area contributed by atoms with Gasteiger partial charge in [-0.15, -0.1) is 0 Å². The summed E-state index contributed by atoms with van der Waals surface area (Å²) in [6.07, 6.45) is 1.10. The van der Waals surface area contributed by atoms with Crippen molar-refractivity contribution in [3.8, 4) is 11.5 Å². The highest BCUT2D eigenvalue weighted by Gasteiger charge is 2.22. The largest absolute Gasteiger partial charge is 0.453 e. The minimum absolute atomic E-state index is 0.936. The maximum Gasteiger partial charge on any atom is 0.151 e. The van der Waals surface area contributed by atoms with E-state index in [2.05, 4.69) is 34.5 Å². The molecule has 0 atom stereocenters. The highest BCUT2D eigenvalue weighted by atomic mass is 16.5. The first kappa shape index (κ1) is 12.1. The third kappa shape index (κ3) is 2.29. The summed E-state index contributed by atoms with van der Waals surface area (Å²) < 4.78 is 5.96. The molecule has 2 aromatic carbocycles. The zero-order chi connectivity index (χ0) is 13.1. The van der Waals surface area contributed by atoms with E-state index in [0.717, 1.165) is 42.4 Å². The first-order valence-electron chi connectivity index (χ1n) is 6.68. The first-order chi connectivity index (χ1) is 9.40. The predicted molar refractivity (Wildman–Crippen MR) is 78.5 cm³/mol. The van der Waals surface area contributed by atoms with Crippen molar-refractivity contribution in [3.63, 3.8) is 0 Å². The standard InChI is InChI=1S/C16H18N2O/c1-17-11-6-12-18-13-7-2-4-9-15(13)19-16-10-5-3-8-14(16)18/h2-5,7-10,17H,6,11-12H2,1H3. The fraction of sp³-hybridized carbons (Fsp3) is 0.250. The number of anilines is 2. The third-order valence-electron chi connectivity index (χ3n) is 3.34. The van der Waals surface area contributed by atoms with Crippen molar-refractivity contribution < 1.29 is 4.74 Å². The quantitative estimate of drug-likeness (QED) is 0.845. The Bertz CT molecular complexity index is 523. The summed E-state index contributed by atoms with van der Waals surface area (Å²) in [5.41, 5.74) is 2.30. The van der Waals surface area contributed by atoms with Crippen LogP contribution < -0.4 is 15.0 Å². The highest BCUT2D eigenvalue weighted by molar-refractivity contribution is 5.77. The molecule has 1 aliphatic heterocycles. The highest BCUT2D eigenvalue weighted by Crippen LogP contribution is 2.45. The van der Waals surface area contributed by atoms with Gasteiger partial charge in [0.25, 0.3) is 0 Å². The Balaban J connectivity index is 1.96. The van der Waals surface area contributed by atoms with E-state index in [1.165, 1.54) is 0 Å². The van der Waals surface area contributed by atoms with E-state index in [1.807, 2.05) is 31.3 Å². The van der Waals surface area contributed by atoms with E-state index in [9.17, 15) is 0 Å². The van der Waals surface area contributed by atoms with Crippen molar-refractivity contribution in [2.24, 2.45) is 0 Å². The normalized spacial score (nSPS) is 12.6. The molecule has 1 aliphatic rings. The molecule has 0 aliphatic carbocycles. The van der Waals surface area contributed by atoms with Gasteiger partial charge >= 0.3 is 0 Å². The van der Waals surface area contributed by atoms with E-state index in [-0.39, 0.29) is 0 Å². The average molecular weight is 254 g/mol. The maximum atomic E-state index is 5.96. The molecule has 3 heteroatoms. The molecule has 1 heterocycles. The van der Waals surface area contributed by atoms with Crippen LogP contribution in [0.15, 0.2) is 48.5 Å². The molecule has 0 aromatic heterocycles. The van der Waals surface area contributed by atoms with Crippen molar-refractivity contribution in [1.82, 2.24) is 5.32 Å². The van der Waals surface area contributed by atoms with E-state index in [0.29, 0.717) is 0 Å². The summed E-state index contributed by atoms with van der Waals surface area (Å²) in [6.45, 7) is 2.00. The van der Waals surface area contributed by atoms with Gasteiger partial charge in [-0.05, 0) is 44.3 Å². The van der Waals surface area contributed by atoms with Crippen LogP contribution in [0.4, 0.5) is 11.4 Å². The molecule has 98 valence electrons. The molecule has 0 unspecified atom stereocenters. The minimum atomic E-state index is 0.936. The van der Waals surface area contributed by atoms with Gasteiger partial charge in [-0.3, -0.25) is 0 Å². The number of ether oxygens (including phenoxy) is 1. The number of hydrogen-bond acceptors (Lipinski definition) is 3. The van der Waals surface area contributed by atoms with Crippen LogP contribution in [0, 0.1) is 0 Å². The van der Waals surface area contributed by atoms with Crippen LogP contribution in [-0.2, 0) is 0 Å². The van der Waals surface area contributed by atoms with Gasteiger partial charge in [0.05, 0.1) is 11.4 Å². The summed E-state index contributed by atoms with van der Waals surface area (Å²) in [5, 5.41) is 3.20. The van der Waals surface area contributed by atoms with Crippen molar-refractivity contribution in [2.45, 2.75) is 6.42 Å².